The van der Waals surface area contributed by atoms with Crippen molar-refractivity contribution >= 4 is 29.9 Å². The summed E-state index contributed by atoms with van der Waals surface area (Å²) < 4.78 is 16.2. The van der Waals surface area contributed by atoms with Gasteiger partial charge in [0, 0.05) is 65.3 Å². The molecule has 0 atom stereocenters. The summed E-state index contributed by atoms with van der Waals surface area (Å²) in [6.07, 6.45) is 3.63. The fourth-order valence-corrected chi connectivity index (χ4v) is 3.40. The van der Waals surface area contributed by atoms with Gasteiger partial charge in [-0.2, -0.15) is 0 Å². The van der Waals surface area contributed by atoms with Gasteiger partial charge in [-0.1, -0.05) is 0 Å². The van der Waals surface area contributed by atoms with Gasteiger partial charge in [0.25, 0.3) is 0 Å². The van der Waals surface area contributed by atoms with E-state index in [0.717, 1.165) is 110 Å². The molecule has 9 heteroatoms. The molecule has 29 heavy (non-hydrogen) atoms. The Labute approximate surface area is 191 Å². The summed E-state index contributed by atoms with van der Waals surface area (Å²) in [5.41, 5.74) is 0. The number of rotatable bonds is 10. The number of halogens is 1. The van der Waals surface area contributed by atoms with Crippen LogP contribution in [-0.2, 0) is 15.9 Å². The van der Waals surface area contributed by atoms with Crippen molar-refractivity contribution in [3.8, 4) is 0 Å². The molecule has 0 amide bonds. The number of nitrogens with one attached hydrogen (secondary N) is 2. The Hall–Kier alpha value is -0.880. The molecule has 0 radical (unpaired) electrons. The van der Waals surface area contributed by atoms with E-state index in [0.29, 0.717) is 0 Å². The summed E-state index contributed by atoms with van der Waals surface area (Å²) in [6, 6.07) is 3.93. The van der Waals surface area contributed by atoms with Crippen molar-refractivity contribution in [3.63, 3.8) is 0 Å². The number of hydrogen-bond acceptors (Lipinski definition) is 6. The topological polar surface area (TPSA) is 74.5 Å². The predicted molar refractivity (Wildman–Crippen MR) is 125 cm³/mol. The first-order chi connectivity index (χ1) is 13.9. The molecule has 0 aromatic carbocycles. The largest absolute Gasteiger partial charge is 0.469 e. The van der Waals surface area contributed by atoms with E-state index in [1.54, 1.807) is 6.26 Å². The zero-order valence-electron chi connectivity index (χ0n) is 17.3. The molecule has 3 rings (SSSR count). The number of morpholine rings is 2. The third-order valence-electron chi connectivity index (χ3n) is 5.07. The maximum absolute atomic E-state index is 5.41. The van der Waals surface area contributed by atoms with Crippen molar-refractivity contribution in [2.24, 2.45) is 4.99 Å². The van der Waals surface area contributed by atoms with E-state index in [1.165, 1.54) is 0 Å². The van der Waals surface area contributed by atoms with Gasteiger partial charge in [-0.15, -0.1) is 24.0 Å². The van der Waals surface area contributed by atoms with Gasteiger partial charge in [-0.05, 0) is 18.6 Å². The van der Waals surface area contributed by atoms with Crippen LogP contribution < -0.4 is 10.6 Å². The molecular formula is C20H36IN5O3. The minimum absolute atomic E-state index is 0. The first kappa shape index (κ1) is 24.4. The minimum Gasteiger partial charge on any atom is -0.469 e. The van der Waals surface area contributed by atoms with Gasteiger partial charge < -0.3 is 24.5 Å². The van der Waals surface area contributed by atoms with Crippen molar-refractivity contribution in [3.05, 3.63) is 24.2 Å². The van der Waals surface area contributed by atoms with Crippen LogP contribution in [0.15, 0.2) is 27.8 Å². The second-order valence-corrected chi connectivity index (χ2v) is 7.17. The van der Waals surface area contributed by atoms with Gasteiger partial charge in [0.05, 0.1) is 32.7 Å². The van der Waals surface area contributed by atoms with Gasteiger partial charge >= 0.3 is 0 Å². The lowest BCUT2D eigenvalue weighted by atomic mass is 10.3. The second kappa shape index (κ2) is 15.0. The molecule has 0 spiro atoms. The lowest BCUT2D eigenvalue weighted by Crippen LogP contribution is -2.45. The maximum Gasteiger partial charge on any atom is 0.191 e. The van der Waals surface area contributed by atoms with Gasteiger partial charge in [0.1, 0.15) is 5.76 Å². The van der Waals surface area contributed by atoms with Crippen LogP contribution in [0, 0.1) is 0 Å². The smallest absolute Gasteiger partial charge is 0.191 e. The number of furan rings is 1. The highest BCUT2D eigenvalue weighted by atomic mass is 127. The molecule has 2 N–H and O–H groups in total. The van der Waals surface area contributed by atoms with Gasteiger partial charge in [-0.25, -0.2) is 0 Å². The van der Waals surface area contributed by atoms with Crippen LogP contribution in [0.4, 0.5) is 0 Å². The van der Waals surface area contributed by atoms with Crippen molar-refractivity contribution in [2.75, 3.05) is 85.3 Å². The molecule has 2 fully saturated rings. The SMILES string of the molecule is I.c1coc(CCNC(=NCCCN2CCOCC2)NCCN2CCOCC2)c1. The zero-order chi connectivity index (χ0) is 19.3. The van der Waals surface area contributed by atoms with Gasteiger partial charge in [0.15, 0.2) is 5.96 Å². The molecule has 0 unspecified atom stereocenters. The van der Waals surface area contributed by atoms with Crippen LogP contribution >= 0.6 is 24.0 Å². The third kappa shape index (κ3) is 10.1. The molecule has 2 saturated heterocycles. The van der Waals surface area contributed by atoms with E-state index in [-0.39, 0.29) is 24.0 Å². The number of guanidine groups is 1. The van der Waals surface area contributed by atoms with Crippen LogP contribution in [0.1, 0.15) is 12.2 Å². The van der Waals surface area contributed by atoms with Crippen LogP contribution in [0.5, 0.6) is 0 Å². The summed E-state index contributed by atoms with van der Waals surface area (Å²) in [5.74, 6) is 1.88. The highest BCUT2D eigenvalue weighted by Crippen LogP contribution is 2.00. The zero-order valence-corrected chi connectivity index (χ0v) is 19.6. The first-order valence-corrected chi connectivity index (χ1v) is 10.5. The molecule has 1 aromatic heterocycles. The van der Waals surface area contributed by atoms with Crippen LogP contribution in [0.2, 0.25) is 0 Å². The third-order valence-corrected chi connectivity index (χ3v) is 5.07. The van der Waals surface area contributed by atoms with E-state index in [4.69, 9.17) is 18.9 Å². The van der Waals surface area contributed by atoms with E-state index < -0.39 is 0 Å². The Morgan fingerprint density at radius 2 is 1.59 bits per heavy atom. The summed E-state index contributed by atoms with van der Waals surface area (Å²) in [6.45, 7) is 12.1. The molecule has 0 aliphatic carbocycles. The Morgan fingerprint density at radius 1 is 0.931 bits per heavy atom. The Bertz CT molecular complexity index is 546. The molecule has 0 saturated carbocycles. The van der Waals surface area contributed by atoms with Gasteiger partial charge in [-0.3, -0.25) is 14.8 Å². The summed E-state index contributed by atoms with van der Waals surface area (Å²) >= 11 is 0. The highest BCUT2D eigenvalue weighted by Gasteiger charge is 2.11. The first-order valence-electron chi connectivity index (χ1n) is 10.5. The maximum atomic E-state index is 5.41. The molecule has 8 nitrogen and oxygen atoms in total. The second-order valence-electron chi connectivity index (χ2n) is 7.17. The predicted octanol–water partition coefficient (Wildman–Crippen LogP) is 1.03. The van der Waals surface area contributed by atoms with E-state index >= 15 is 0 Å². The molecule has 3 heterocycles. The van der Waals surface area contributed by atoms with Crippen LogP contribution in [-0.4, -0.2) is 101 Å². The summed E-state index contributed by atoms with van der Waals surface area (Å²) in [5, 5.41) is 6.91. The van der Waals surface area contributed by atoms with Crippen molar-refractivity contribution in [1.29, 1.82) is 0 Å². The number of nitrogens with zero attached hydrogens (tertiary/aromatic N) is 3. The Kier molecular flexibility index (Phi) is 12.6. The van der Waals surface area contributed by atoms with E-state index in [1.807, 2.05) is 12.1 Å². The summed E-state index contributed by atoms with van der Waals surface area (Å²) in [4.78, 5) is 9.65. The lowest BCUT2D eigenvalue weighted by Gasteiger charge is -2.27. The molecular weight excluding hydrogens is 485 g/mol. The average molecular weight is 521 g/mol. The highest BCUT2D eigenvalue weighted by molar-refractivity contribution is 14.0. The minimum atomic E-state index is 0. The van der Waals surface area contributed by atoms with Crippen LogP contribution in [0.25, 0.3) is 0 Å². The normalized spacial score (nSPS) is 19.0. The van der Waals surface area contributed by atoms with Crippen molar-refractivity contribution < 1.29 is 13.9 Å². The summed E-state index contributed by atoms with van der Waals surface area (Å²) in [7, 11) is 0. The monoisotopic (exact) mass is 521 g/mol. The molecule has 0 bridgehead atoms. The Morgan fingerprint density at radius 3 is 2.24 bits per heavy atom. The fourth-order valence-electron chi connectivity index (χ4n) is 3.40. The van der Waals surface area contributed by atoms with E-state index in [9.17, 15) is 0 Å². The number of ether oxygens (including phenoxy) is 2. The average Bonchev–Trinajstić information content (AvgIpc) is 3.26. The van der Waals surface area contributed by atoms with Crippen LogP contribution in [0.3, 0.4) is 0 Å². The molecule has 2 aliphatic heterocycles. The fraction of sp³-hybridized carbons (Fsp3) is 0.750. The molecule has 1 aromatic rings. The van der Waals surface area contributed by atoms with E-state index in [2.05, 4.69) is 20.4 Å². The quantitative estimate of drug-likeness (QED) is 0.206. The standard InChI is InChI=1S/C20H35N5O3.HI/c1-3-19(28-14-1)4-6-22-20(23-7-9-25-12-17-27-18-13-25)21-5-2-8-24-10-15-26-16-11-24;/h1,3,14H,2,4-13,15-18H2,(H2,21,22,23);1H. The lowest BCUT2D eigenvalue weighted by molar-refractivity contribution is 0.0377. The van der Waals surface area contributed by atoms with Gasteiger partial charge in [0.2, 0.25) is 0 Å². The molecule has 2 aliphatic rings. The van der Waals surface area contributed by atoms with Crippen molar-refractivity contribution in [2.45, 2.75) is 12.8 Å². The molecule has 166 valence electrons. The number of hydrogen-bond donors (Lipinski definition) is 2. The van der Waals surface area contributed by atoms with Crippen molar-refractivity contribution in [1.82, 2.24) is 20.4 Å². The number of aliphatic imine (C=N–C) groups is 1. The Balaban J connectivity index is 0.00000300.